The van der Waals surface area contributed by atoms with Crippen molar-refractivity contribution in [3.05, 3.63) is 90.1 Å². The molecule has 26 nitrogen and oxygen atoms in total. The van der Waals surface area contributed by atoms with E-state index in [1.54, 1.807) is 42.6 Å². The van der Waals surface area contributed by atoms with Crippen LogP contribution in [-0.2, 0) is 67.2 Å². The molecule has 0 aliphatic carbocycles. The third-order valence-electron chi connectivity index (χ3n) is 12.3. The number of nitrogens with one attached hydrogen (secondary N) is 11. The molecule has 2 aromatic carbocycles. The van der Waals surface area contributed by atoms with Crippen LogP contribution in [-0.4, -0.2) is 142 Å². The molecule has 0 spiro atoms. The highest BCUT2D eigenvalue weighted by molar-refractivity contribution is 5.98. The second-order valence-electron chi connectivity index (χ2n) is 18.3. The molecule has 17 N–H and O–H groups in total. The van der Waals surface area contributed by atoms with Crippen molar-refractivity contribution in [1.29, 1.82) is 0 Å². The Kier molecular flexibility index (Phi) is 22.3. The number of guanidine groups is 1. The van der Waals surface area contributed by atoms with Gasteiger partial charge in [0, 0.05) is 87.7 Å². The molecule has 3 heterocycles. The number of imidazole rings is 1. The summed E-state index contributed by atoms with van der Waals surface area (Å²) < 4.78 is 0. The van der Waals surface area contributed by atoms with Gasteiger partial charge in [-0.1, -0.05) is 68.3 Å². The Bertz CT molecular complexity index is 2690. The Morgan fingerprint density at radius 1 is 0.737 bits per heavy atom. The van der Waals surface area contributed by atoms with Crippen molar-refractivity contribution in [2.24, 2.45) is 22.2 Å². The normalized spacial score (nSPS) is 20.1. The van der Waals surface area contributed by atoms with Crippen LogP contribution >= 0.6 is 0 Å². The van der Waals surface area contributed by atoms with Gasteiger partial charge in [-0.3, -0.25) is 52.9 Å². The Balaban J connectivity index is 1.52. The number of fused-ring (bicyclic) bond motifs is 1. The largest absolute Gasteiger partial charge is 0.370 e. The van der Waals surface area contributed by atoms with Gasteiger partial charge in [-0.2, -0.15) is 0 Å². The number of hydrogen-bond donors (Lipinski definition) is 14. The van der Waals surface area contributed by atoms with Gasteiger partial charge in [-0.25, -0.2) is 4.98 Å². The number of para-hydroxylation sites is 1. The maximum atomic E-state index is 14.6. The second-order valence-corrected chi connectivity index (χ2v) is 18.3. The van der Waals surface area contributed by atoms with E-state index in [9.17, 15) is 47.9 Å². The number of carbonyl (C=O) groups excluding carboxylic acids is 10. The van der Waals surface area contributed by atoms with Gasteiger partial charge in [0.2, 0.25) is 59.1 Å². The monoisotopic (exact) mass is 1050 g/mol. The molecule has 0 saturated carbocycles. The Morgan fingerprint density at radius 2 is 1.38 bits per heavy atom. The van der Waals surface area contributed by atoms with Crippen molar-refractivity contribution in [2.45, 2.75) is 120 Å². The minimum atomic E-state index is -1.62. The van der Waals surface area contributed by atoms with Crippen LogP contribution < -0.4 is 65.1 Å². The average Bonchev–Trinajstić information content (AvgIpc) is 4.07. The molecule has 1 saturated heterocycles. The first-order valence-corrected chi connectivity index (χ1v) is 24.9. The molecule has 26 heteroatoms. The van der Waals surface area contributed by atoms with Crippen LogP contribution in [0.25, 0.3) is 10.9 Å². The lowest BCUT2D eigenvalue weighted by atomic mass is 10.0. The summed E-state index contributed by atoms with van der Waals surface area (Å²) in [4.78, 5) is 152. The molecular weight excluding hydrogens is 985 g/mol. The van der Waals surface area contributed by atoms with Crippen LogP contribution in [0.3, 0.4) is 0 Å². The Labute approximate surface area is 437 Å². The molecule has 1 unspecified atom stereocenters. The fourth-order valence-electron chi connectivity index (χ4n) is 8.21. The first kappa shape index (κ1) is 58.1. The number of aromatic nitrogens is 3. The first-order valence-electron chi connectivity index (χ1n) is 24.9. The number of unbranched alkanes of at least 4 members (excludes halogenated alkanes) is 1. The number of amides is 10. The van der Waals surface area contributed by atoms with Crippen molar-refractivity contribution in [3.8, 4) is 0 Å². The van der Waals surface area contributed by atoms with Crippen molar-refractivity contribution in [1.82, 2.24) is 62.8 Å². The van der Waals surface area contributed by atoms with Gasteiger partial charge in [0.05, 0.1) is 6.33 Å². The van der Waals surface area contributed by atoms with Crippen LogP contribution in [0.1, 0.15) is 75.6 Å². The van der Waals surface area contributed by atoms with Crippen LogP contribution in [0.2, 0.25) is 0 Å². The van der Waals surface area contributed by atoms with E-state index in [-0.39, 0.29) is 51.0 Å². The third-order valence-corrected chi connectivity index (χ3v) is 12.3. The Morgan fingerprint density at radius 3 is 2.04 bits per heavy atom. The predicted octanol–water partition coefficient (Wildman–Crippen LogP) is -2.91. The summed E-state index contributed by atoms with van der Waals surface area (Å²) in [6.07, 6.45) is 4.46. The zero-order valence-corrected chi connectivity index (χ0v) is 42.4. The number of rotatable bonds is 19. The standard InChI is InChI=1S/C50H68N16O10/c1-3-4-14-34(60-28(2)67)44(71)65-40-26-58-42(69)18-17-41(68)57-25-39(48(75)62-36(43(51)70)21-30-23-56-33-15-9-8-13-32(30)33)66-45(72)35(16-10-19-55-50(52)53)61-46(73)37(20-29-11-6-5-7-12-29)63-47(74)38(64-49(40)76)22-31-24-54-27-59-31/h5-9,11-13,15,23-24,27,34-40,56H,3-4,10,14,16-22,25-26H2,1-2H3,(H2,51,70)(H,54,59)(H,57,68)(H,58,69)(H,60,67)(H,61,73)(H,62,75)(H,63,74)(H,64,76)(H,65,71)(H,66,72)(H4,52,53,55)/t34-,35?,36-,37+,38-,39-,40-/m0/s1. The number of aromatic amines is 2. The SMILES string of the molecule is CCCC[C@H](NC(C)=O)C(=O)N[C@H]1CNC(=O)CCC(=O)NC[C@@H](C(=O)N[C@@H](Cc2c[nH]c3ccccc23)C(N)=O)NC(=O)C(CCCN=C(N)N)NC(=O)[C@@H](Cc2ccccc2)NC(=O)[C@H](Cc2cnc[nH]2)NC1=O. The molecule has 76 heavy (non-hydrogen) atoms. The van der Waals surface area contributed by atoms with Crippen molar-refractivity contribution < 1.29 is 47.9 Å². The van der Waals surface area contributed by atoms with E-state index in [4.69, 9.17) is 17.2 Å². The summed E-state index contributed by atoms with van der Waals surface area (Å²) >= 11 is 0. The Hall–Kier alpha value is -8.84. The van der Waals surface area contributed by atoms with E-state index in [0.717, 1.165) is 10.9 Å². The van der Waals surface area contributed by atoms with Gasteiger partial charge in [0.15, 0.2) is 5.96 Å². The molecule has 7 atom stereocenters. The number of benzene rings is 2. The molecule has 4 aromatic rings. The van der Waals surface area contributed by atoms with E-state index in [1.165, 1.54) is 19.4 Å². The van der Waals surface area contributed by atoms with Crippen LogP contribution in [0.4, 0.5) is 0 Å². The van der Waals surface area contributed by atoms with Gasteiger partial charge < -0.3 is 75.0 Å². The minimum absolute atomic E-state index is 0.0108. The van der Waals surface area contributed by atoms with E-state index in [0.29, 0.717) is 29.7 Å². The van der Waals surface area contributed by atoms with Crippen molar-refractivity contribution in [3.63, 3.8) is 0 Å². The molecule has 2 aromatic heterocycles. The van der Waals surface area contributed by atoms with E-state index in [2.05, 4.69) is 67.8 Å². The number of primary amides is 1. The highest BCUT2D eigenvalue weighted by Gasteiger charge is 2.35. The summed E-state index contributed by atoms with van der Waals surface area (Å²) in [5.41, 5.74) is 19.3. The van der Waals surface area contributed by atoms with Crippen LogP contribution in [0.5, 0.6) is 0 Å². The molecule has 1 aliphatic rings. The lowest BCUT2D eigenvalue weighted by molar-refractivity contribution is -0.135. The van der Waals surface area contributed by atoms with E-state index >= 15 is 0 Å². The summed E-state index contributed by atoms with van der Waals surface area (Å²) in [6, 6.07) is 5.89. The van der Waals surface area contributed by atoms with Gasteiger partial charge in [0.1, 0.15) is 42.3 Å². The number of nitrogens with two attached hydrogens (primary N) is 3. The molecule has 0 radical (unpaired) electrons. The first-order chi connectivity index (χ1) is 36.4. The van der Waals surface area contributed by atoms with Gasteiger partial charge >= 0.3 is 0 Å². The second kappa shape index (κ2) is 29.2. The van der Waals surface area contributed by atoms with Gasteiger partial charge in [-0.05, 0) is 36.5 Å². The molecule has 5 rings (SSSR count). The maximum Gasteiger partial charge on any atom is 0.245 e. The van der Waals surface area contributed by atoms with Gasteiger partial charge in [-0.15, -0.1) is 0 Å². The topological polar surface area (TPSA) is 414 Å². The highest BCUT2D eigenvalue weighted by Crippen LogP contribution is 2.19. The molecular formula is C50H68N16O10. The molecule has 0 bridgehead atoms. The summed E-state index contributed by atoms with van der Waals surface area (Å²) in [6.45, 7) is 1.99. The molecule has 408 valence electrons. The number of nitrogens with zero attached hydrogens (tertiary/aromatic N) is 2. The number of H-pyrrole nitrogens is 2. The van der Waals surface area contributed by atoms with Gasteiger partial charge in [0.25, 0.3) is 0 Å². The van der Waals surface area contributed by atoms with E-state index < -0.39 is 127 Å². The fraction of sp³-hybridized carbons (Fsp3) is 0.440. The number of carbonyl (C=O) groups is 10. The fourth-order valence-corrected chi connectivity index (χ4v) is 8.21. The quantitative estimate of drug-likeness (QED) is 0.0255. The minimum Gasteiger partial charge on any atom is -0.370 e. The average molecular weight is 1050 g/mol. The smallest absolute Gasteiger partial charge is 0.245 e. The molecule has 1 aliphatic heterocycles. The number of aliphatic imine (C=N–C) groups is 1. The zero-order chi connectivity index (χ0) is 55.1. The number of hydrogen-bond acceptors (Lipinski definition) is 12. The molecule has 10 amide bonds. The van der Waals surface area contributed by atoms with Crippen molar-refractivity contribution >= 4 is 75.9 Å². The maximum absolute atomic E-state index is 14.6. The van der Waals surface area contributed by atoms with E-state index in [1.807, 2.05) is 25.1 Å². The van der Waals surface area contributed by atoms with Crippen LogP contribution in [0.15, 0.2) is 78.3 Å². The van der Waals surface area contributed by atoms with Crippen molar-refractivity contribution in [2.75, 3.05) is 19.6 Å². The summed E-state index contributed by atoms with van der Waals surface area (Å²) in [5, 5.41) is 24.2. The summed E-state index contributed by atoms with van der Waals surface area (Å²) in [5.74, 6) is -8.49. The summed E-state index contributed by atoms with van der Waals surface area (Å²) in [7, 11) is 0. The lowest BCUT2D eigenvalue weighted by Gasteiger charge is -2.28. The predicted molar refractivity (Wildman–Crippen MR) is 278 cm³/mol. The zero-order valence-electron chi connectivity index (χ0n) is 42.4. The third kappa shape index (κ3) is 18.6. The highest BCUT2D eigenvalue weighted by atomic mass is 16.2. The van der Waals surface area contributed by atoms with Crippen LogP contribution in [0, 0.1) is 0 Å². The molecule has 1 fully saturated rings. The lowest BCUT2D eigenvalue weighted by Crippen LogP contribution is -2.62.